The first-order chi connectivity index (χ1) is 19.1. The van der Waals surface area contributed by atoms with E-state index in [9.17, 15) is 39.9 Å². The maximum atomic E-state index is 14.7. The molecule has 0 radical (unpaired) electrons. The van der Waals surface area contributed by atoms with Crippen molar-refractivity contribution in [3.63, 3.8) is 0 Å². The number of aryl methyl sites for hydroxylation is 1. The van der Waals surface area contributed by atoms with Crippen molar-refractivity contribution in [2.24, 2.45) is 0 Å². The predicted octanol–water partition coefficient (Wildman–Crippen LogP) is 8.28. The Morgan fingerprint density at radius 1 is 0.829 bits per heavy atom. The van der Waals surface area contributed by atoms with Crippen LogP contribution in [0.1, 0.15) is 43.9 Å². The number of pyridine rings is 1. The van der Waals surface area contributed by atoms with Gasteiger partial charge in [-0.3, -0.25) is 9.78 Å². The number of alkyl halides is 6. The van der Waals surface area contributed by atoms with E-state index in [1.165, 1.54) is 12.1 Å². The van der Waals surface area contributed by atoms with E-state index < -0.39 is 57.7 Å². The molecule has 0 saturated carbocycles. The number of carbonyl (C=O) groups is 1. The van der Waals surface area contributed by atoms with E-state index in [4.69, 9.17) is 11.6 Å². The van der Waals surface area contributed by atoms with Gasteiger partial charge in [-0.2, -0.15) is 26.3 Å². The smallest absolute Gasteiger partial charge is 0.337 e. The highest BCUT2D eigenvalue weighted by Crippen LogP contribution is 2.39. The fraction of sp³-hybridized carbons (Fsp3) is 0.172. The van der Waals surface area contributed by atoms with Crippen LogP contribution in [-0.4, -0.2) is 10.9 Å². The number of nitrogens with zero attached hydrogens (tertiary/aromatic N) is 1. The number of rotatable bonds is 6. The zero-order chi connectivity index (χ0) is 30.2. The summed E-state index contributed by atoms with van der Waals surface area (Å²) >= 11 is 5.97. The summed E-state index contributed by atoms with van der Waals surface area (Å²) in [6, 6.07) is 12.4. The summed E-state index contributed by atoms with van der Waals surface area (Å²) in [6.45, 7) is 1.79. The van der Waals surface area contributed by atoms with Crippen LogP contribution in [0.25, 0.3) is 0 Å². The lowest BCUT2D eigenvalue weighted by Crippen LogP contribution is -2.49. The van der Waals surface area contributed by atoms with Gasteiger partial charge in [0.1, 0.15) is 17.2 Å². The Labute approximate surface area is 233 Å². The average Bonchev–Trinajstić information content (AvgIpc) is 2.88. The maximum Gasteiger partial charge on any atom is 0.419 e. The van der Waals surface area contributed by atoms with Crippen LogP contribution < -0.4 is 5.32 Å². The van der Waals surface area contributed by atoms with Gasteiger partial charge in [-0.05, 0) is 66.6 Å². The van der Waals surface area contributed by atoms with Crippen LogP contribution in [0.3, 0.4) is 0 Å². The van der Waals surface area contributed by atoms with Crippen LogP contribution in [0.4, 0.5) is 35.1 Å². The normalized spacial score (nSPS) is 13.5. The Bertz CT molecular complexity index is 1570. The zero-order valence-electron chi connectivity index (χ0n) is 21.0. The van der Waals surface area contributed by atoms with Crippen LogP contribution in [-0.2, 0) is 24.3 Å². The Balaban J connectivity index is 1.98. The summed E-state index contributed by atoms with van der Waals surface area (Å²) in [5, 5.41) is 2.63. The summed E-state index contributed by atoms with van der Waals surface area (Å²) in [4.78, 5) is 17.7. The van der Waals surface area contributed by atoms with Gasteiger partial charge in [0.15, 0.2) is 0 Å². The zero-order valence-corrected chi connectivity index (χ0v) is 21.7. The first kappa shape index (κ1) is 30.0. The maximum absolute atomic E-state index is 14.7. The summed E-state index contributed by atoms with van der Waals surface area (Å²) in [7, 11) is 0. The minimum absolute atomic E-state index is 0.0901. The molecular weight excluding hydrogens is 580 g/mol. The van der Waals surface area contributed by atoms with Crippen molar-refractivity contribution in [3.8, 4) is 0 Å². The largest absolute Gasteiger partial charge is 0.419 e. The molecule has 12 heteroatoms. The number of carbonyl (C=O) groups excluding carboxylic acids is 1. The number of benzene rings is 3. The van der Waals surface area contributed by atoms with Gasteiger partial charge in [0.25, 0.3) is 5.91 Å². The molecule has 4 aromatic rings. The van der Waals surface area contributed by atoms with E-state index >= 15 is 0 Å². The van der Waals surface area contributed by atoms with Crippen LogP contribution >= 0.6 is 11.6 Å². The second kappa shape index (κ2) is 11.1. The molecule has 1 aromatic heterocycles. The minimum atomic E-state index is -5.14. The Morgan fingerprint density at radius 3 is 2.07 bits per heavy atom. The summed E-state index contributed by atoms with van der Waals surface area (Å²) in [6.07, 6.45) is -9.28. The first-order valence-corrected chi connectivity index (χ1v) is 12.2. The highest BCUT2D eigenvalue weighted by Gasteiger charge is 2.42. The van der Waals surface area contributed by atoms with E-state index in [2.05, 4.69) is 10.3 Å². The topological polar surface area (TPSA) is 42.0 Å². The Hall–Kier alpha value is -3.99. The van der Waals surface area contributed by atoms with E-state index in [0.717, 1.165) is 23.9 Å². The third-order valence-corrected chi connectivity index (χ3v) is 6.56. The van der Waals surface area contributed by atoms with Gasteiger partial charge in [-0.15, -0.1) is 0 Å². The van der Waals surface area contributed by atoms with Crippen molar-refractivity contribution < 1.29 is 39.9 Å². The molecule has 3 aromatic carbocycles. The number of halogens is 9. The standard InChI is InChI=1S/C29H19ClF8N2O/c1-16-2-4-17(5-3-16)14-27(25-9-7-21(30)15-39-25,19-11-20(28(33,34)35)13-22(31)12-19)40-26(41)18-6-8-24(32)23(10-18)29(36,37)38/h2-13,15H,14H2,1H3,(H,40,41)/t27-/m1/s1. The van der Waals surface area contributed by atoms with Gasteiger partial charge in [-0.1, -0.05) is 41.4 Å². The lowest BCUT2D eigenvalue weighted by atomic mass is 9.79. The predicted molar refractivity (Wildman–Crippen MR) is 135 cm³/mol. The van der Waals surface area contributed by atoms with E-state index in [-0.39, 0.29) is 29.3 Å². The summed E-state index contributed by atoms with van der Waals surface area (Å²) in [5.74, 6) is -4.12. The van der Waals surface area contributed by atoms with Crippen LogP contribution in [0, 0.1) is 18.6 Å². The second-order valence-electron chi connectivity index (χ2n) is 9.30. The summed E-state index contributed by atoms with van der Waals surface area (Å²) < 4.78 is 110. The molecule has 1 N–H and O–H groups in total. The van der Waals surface area contributed by atoms with Gasteiger partial charge in [0.2, 0.25) is 0 Å². The number of aromatic nitrogens is 1. The van der Waals surface area contributed by atoms with Crippen molar-refractivity contribution >= 4 is 17.5 Å². The lowest BCUT2D eigenvalue weighted by molar-refractivity contribution is -0.140. The molecule has 1 amide bonds. The average molecular weight is 599 g/mol. The fourth-order valence-electron chi connectivity index (χ4n) is 4.31. The quantitative estimate of drug-likeness (QED) is 0.227. The number of hydrogen-bond donors (Lipinski definition) is 1. The van der Waals surface area contributed by atoms with Crippen LogP contribution in [0.15, 0.2) is 79.0 Å². The molecule has 0 aliphatic rings. The first-order valence-electron chi connectivity index (χ1n) is 11.8. The van der Waals surface area contributed by atoms with Crippen molar-refractivity contribution in [3.05, 3.63) is 135 Å². The molecule has 0 saturated heterocycles. The van der Waals surface area contributed by atoms with Crippen molar-refractivity contribution in [2.75, 3.05) is 0 Å². The van der Waals surface area contributed by atoms with Gasteiger partial charge in [0.05, 0.1) is 21.8 Å². The summed E-state index contributed by atoms with van der Waals surface area (Å²) in [5.41, 5.74) is -4.99. The van der Waals surface area contributed by atoms with Gasteiger partial charge >= 0.3 is 12.4 Å². The van der Waals surface area contributed by atoms with Crippen LogP contribution in [0.5, 0.6) is 0 Å². The molecule has 0 fully saturated rings. The third-order valence-electron chi connectivity index (χ3n) is 6.33. The number of nitrogens with one attached hydrogen (secondary N) is 1. The minimum Gasteiger partial charge on any atom is -0.337 e. The third kappa shape index (κ3) is 6.67. The highest BCUT2D eigenvalue weighted by molar-refractivity contribution is 6.30. The molecule has 0 spiro atoms. The number of hydrogen-bond acceptors (Lipinski definition) is 2. The van der Waals surface area contributed by atoms with Crippen LogP contribution in [0.2, 0.25) is 5.02 Å². The molecule has 3 nitrogen and oxygen atoms in total. The van der Waals surface area contributed by atoms with Crippen molar-refractivity contribution in [1.82, 2.24) is 10.3 Å². The van der Waals surface area contributed by atoms with Crippen molar-refractivity contribution in [2.45, 2.75) is 31.2 Å². The Morgan fingerprint density at radius 2 is 1.49 bits per heavy atom. The highest BCUT2D eigenvalue weighted by atomic mass is 35.5. The molecule has 0 aliphatic carbocycles. The second-order valence-corrected chi connectivity index (χ2v) is 9.74. The molecule has 214 valence electrons. The van der Waals surface area contributed by atoms with Gasteiger partial charge in [0, 0.05) is 18.2 Å². The lowest BCUT2D eigenvalue weighted by Gasteiger charge is -2.36. The molecule has 0 bridgehead atoms. The molecule has 41 heavy (non-hydrogen) atoms. The fourth-order valence-corrected chi connectivity index (χ4v) is 4.42. The molecule has 4 rings (SSSR count). The molecule has 1 atom stereocenters. The monoisotopic (exact) mass is 598 g/mol. The van der Waals surface area contributed by atoms with Gasteiger partial charge in [-0.25, -0.2) is 8.78 Å². The molecule has 0 unspecified atom stereocenters. The van der Waals surface area contributed by atoms with E-state index in [1.54, 1.807) is 31.2 Å². The molecule has 0 aliphatic heterocycles. The molecular formula is C29H19ClF8N2O. The molecule has 1 heterocycles. The Kier molecular flexibility index (Phi) is 8.13. The SMILES string of the molecule is Cc1ccc(C[C@@](NC(=O)c2ccc(F)c(C(F)(F)F)c2)(c2cc(F)cc(C(F)(F)F)c2)c2ccc(Cl)cn2)cc1. The van der Waals surface area contributed by atoms with E-state index in [0.29, 0.717) is 17.7 Å². The van der Waals surface area contributed by atoms with Crippen molar-refractivity contribution in [1.29, 1.82) is 0 Å². The van der Waals surface area contributed by atoms with E-state index in [1.807, 2.05) is 0 Å². The van der Waals surface area contributed by atoms with Gasteiger partial charge < -0.3 is 5.32 Å². The number of amides is 1.